The van der Waals surface area contributed by atoms with Crippen LogP contribution in [0.3, 0.4) is 0 Å². The molecule has 1 amide bonds. The van der Waals surface area contributed by atoms with Gasteiger partial charge >= 0.3 is 5.97 Å². The van der Waals surface area contributed by atoms with Gasteiger partial charge in [-0.05, 0) is 13.0 Å². The minimum atomic E-state index is -0.991. The Balaban J connectivity index is 2.93. The summed E-state index contributed by atoms with van der Waals surface area (Å²) >= 11 is 5.85. The minimum Gasteiger partial charge on any atom is -0.496 e. The van der Waals surface area contributed by atoms with Crippen LogP contribution in [0.25, 0.3) is 0 Å². The number of nitrogen functional groups attached to an aromatic ring is 1. The zero-order valence-corrected chi connectivity index (χ0v) is 11.3. The highest BCUT2D eigenvalue weighted by molar-refractivity contribution is 6.33. The normalized spacial score (nSPS) is 11.7. The van der Waals surface area contributed by atoms with Crippen molar-refractivity contribution in [2.45, 2.75) is 19.4 Å². The minimum absolute atomic E-state index is 0.170. The Hall–Kier alpha value is -1.95. The van der Waals surface area contributed by atoms with Gasteiger partial charge in [-0.15, -0.1) is 0 Å². The number of carbonyl (C=O) groups is 2. The van der Waals surface area contributed by atoms with E-state index in [9.17, 15) is 9.59 Å². The molecule has 1 unspecified atom stereocenters. The van der Waals surface area contributed by atoms with Crippen molar-refractivity contribution in [1.82, 2.24) is 5.32 Å². The highest BCUT2D eigenvalue weighted by Gasteiger charge is 2.17. The molecule has 0 saturated heterocycles. The first-order valence-electron chi connectivity index (χ1n) is 5.50. The highest BCUT2D eigenvalue weighted by atomic mass is 35.5. The molecule has 0 aliphatic rings. The first-order valence-corrected chi connectivity index (χ1v) is 5.88. The van der Waals surface area contributed by atoms with E-state index in [0.717, 1.165) is 0 Å². The number of methoxy groups -OCH3 is 1. The summed E-state index contributed by atoms with van der Waals surface area (Å²) in [4.78, 5) is 22.5. The van der Waals surface area contributed by atoms with Crippen molar-refractivity contribution in [3.8, 4) is 5.75 Å². The Morgan fingerprint density at radius 2 is 2.16 bits per heavy atom. The second kappa shape index (κ2) is 6.29. The molecule has 0 aliphatic heterocycles. The lowest BCUT2D eigenvalue weighted by Crippen LogP contribution is -2.34. The number of halogens is 1. The molecule has 0 aromatic heterocycles. The van der Waals surface area contributed by atoms with Crippen LogP contribution < -0.4 is 15.8 Å². The van der Waals surface area contributed by atoms with Gasteiger partial charge < -0.3 is 20.9 Å². The fourth-order valence-corrected chi connectivity index (χ4v) is 1.69. The smallest absolute Gasteiger partial charge is 0.305 e. The molecule has 0 aliphatic carbocycles. The van der Waals surface area contributed by atoms with E-state index in [0.29, 0.717) is 5.69 Å². The van der Waals surface area contributed by atoms with Crippen LogP contribution in [0.4, 0.5) is 5.69 Å². The van der Waals surface area contributed by atoms with E-state index in [1.54, 1.807) is 6.92 Å². The third-order valence-corrected chi connectivity index (χ3v) is 2.75. The van der Waals surface area contributed by atoms with E-state index in [1.165, 1.54) is 19.2 Å². The maximum Gasteiger partial charge on any atom is 0.305 e. The topological polar surface area (TPSA) is 102 Å². The van der Waals surface area contributed by atoms with Crippen molar-refractivity contribution >= 4 is 29.2 Å². The number of carboxylic acids is 1. The SMILES string of the molecule is COc1cc(N)c(Cl)cc1C(=O)NC(C)CC(=O)O. The van der Waals surface area contributed by atoms with Gasteiger partial charge in [-0.3, -0.25) is 9.59 Å². The molecule has 1 aromatic rings. The molecule has 0 spiro atoms. The molecule has 19 heavy (non-hydrogen) atoms. The van der Waals surface area contributed by atoms with Crippen LogP contribution in [0.1, 0.15) is 23.7 Å². The largest absolute Gasteiger partial charge is 0.496 e. The Morgan fingerprint density at radius 3 is 2.68 bits per heavy atom. The molecule has 0 heterocycles. The molecule has 104 valence electrons. The quantitative estimate of drug-likeness (QED) is 0.712. The van der Waals surface area contributed by atoms with Crippen molar-refractivity contribution < 1.29 is 19.4 Å². The maximum absolute atomic E-state index is 12.0. The molecular formula is C12H15ClN2O4. The first kappa shape index (κ1) is 15.1. The van der Waals surface area contributed by atoms with Crippen LogP contribution in [0.15, 0.2) is 12.1 Å². The molecule has 1 atom stereocenters. The molecule has 1 rings (SSSR count). The lowest BCUT2D eigenvalue weighted by atomic mass is 10.1. The van der Waals surface area contributed by atoms with Crippen molar-refractivity contribution in [2.24, 2.45) is 0 Å². The van der Waals surface area contributed by atoms with E-state index in [-0.39, 0.29) is 22.8 Å². The van der Waals surface area contributed by atoms with Crippen LogP contribution in [0.2, 0.25) is 5.02 Å². The molecule has 6 nitrogen and oxygen atoms in total. The number of rotatable bonds is 5. The average Bonchev–Trinajstić information content (AvgIpc) is 2.30. The van der Waals surface area contributed by atoms with Crippen LogP contribution in [0.5, 0.6) is 5.75 Å². The van der Waals surface area contributed by atoms with Crippen LogP contribution in [0, 0.1) is 0 Å². The van der Waals surface area contributed by atoms with Gasteiger partial charge in [0.05, 0.1) is 29.8 Å². The number of hydrogen-bond acceptors (Lipinski definition) is 4. The number of benzene rings is 1. The summed E-state index contributed by atoms with van der Waals surface area (Å²) in [6.45, 7) is 1.59. The maximum atomic E-state index is 12.0. The fraction of sp³-hybridized carbons (Fsp3) is 0.333. The Bertz CT molecular complexity index is 505. The standard InChI is InChI=1S/C12H15ClN2O4/c1-6(3-11(16)17)15-12(18)7-4-8(13)9(14)5-10(7)19-2/h4-6H,3,14H2,1-2H3,(H,15,18)(H,16,17). The number of nitrogens with two attached hydrogens (primary N) is 1. The van der Waals surface area contributed by atoms with Gasteiger partial charge in [-0.2, -0.15) is 0 Å². The van der Waals surface area contributed by atoms with E-state index in [1.807, 2.05) is 0 Å². The van der Waals surface area contributed by atoms with Gasteiger partial charge in [0, 0.05) is 12.1 Å². The summed E-state index contributed by atoms with van der Waals surface area (Å²) in [5.74, 6) is -1.18. The summed E-state index contributed by atoms with van der Waals surface area (Å²) in [6.07, 6.45) is -0.170. The fourth-order valence-electron chi connectivity index (χ4n) is 1.53. The van der Waals surface area contributed by atoms with Gasteiger partial charge in [0.1, 0.15) is 5.75 Å². The molecule has 1 aromatic carbocycles. The predicted molar refractivity (Wildman–Crippen MR) is 71.6 cm³/mol. The monoisotopic (exact) mass is 286 g/mol. The number of ether oxygens (including phenoxy) is 1. The molecule has 4 N–H and O–H groups in total. The lowest BCUT2D eigenvalue weighted by Gasteiger charge is -2.14. The summed E-state index contributed by atoms with van der Waals surface area (Å²) in [5.41, 5.74) is 6.12. The lowest BCUT2D eigenvalue weighted by molar-refractivity contribution is -0.137. The number of carbonyl (C=O) groups excluding carboxylic acids is 1. The summed E-state index contributed by atoms with van der Waals surface area (Å²) in [6, 6.07) is 2.32. The van der Waals surface area contributed by atoms with E-state index >= 15 is 0 Å². The number of amides is 1. The van der Waals surface area contributed by atoms with Crippen LogP contribution in [-0.2, 0) is 4.79 Å². The molecule has 0 fully saturated rings. The van der Waals surface area contributed by atoms with E-state index in [4.69, 9.17) is 27.2 Å². The van der Waals surface area contributed by atoms with Gasteiger partial charge in [0.2, 0.25) is 0 Å². The van der Waals surface area contributed by atoms with E-state index in [2.05, 4.69) is 5.32 Å². The third kappa shape index (κ3) is 4.03. The van der Waals surface area contributed by atoms with Crippen molar-refractivity contribution in [2.75, 3.05) is 12.8 Å². The van der Waals surface area contributed by atoms with Gasteiger partial charge in [0.25, 0.3) is 5.91 Å². The molecule has 0 bridgehead atoms. The molecule has 7 heteroatoms. The van der Waals surface area contributed by atoms with Crippen LogP contribution in [-0.4, -0.2) is 30.1 Å². The zero-order chi connectivity index (χ0) is 14.6. The summed E-state index contributed by atoms with van der Waals surface area (Å²) < 4.78 is 5.05. The number of aliphatic carboxylic acids is 1. The van der Waals surface area contributed by atoms with Crippen molar-refractivity contribution in [3.05, 3.63) is 22.7 Å². The van der Waals surface area contributed by atoms with E-state index < -0.39 is 17.9 Å². The molecule has 0 saturated carbocycles. The number of nitrogens with one attached hydrogen (secondary N) is 1. The third-order valence-electron chi connectivity index (χ3n) is 2.42. The zero-order valence-electron chi connectivity index (χ0n) is 10.6. The summed E-state index contributed by atoms with van der Waals surface area (Å²) in [7, 11) is 1.40. The number of carboxylic acid groups (broad SMARTS) is 1. The van der Waals surface area contributed by atoms with Crippen molar-refractivity contribution in [3.63, 3.8) is 0 Å². The Kier molecular flexibility index (Phi) is 5.00. The molecule has 0 radical (unpaired) electrons. The summed E-state index contributed by atoms with van der Waals surface area (Å²) in [5, 5.41) is 11.4. The predicted octanol–water partition coefficient (Wildman–Crippen LogP) is 1.52. The van der Waals surface area contributed by atoms with Gasteiger partial charge in [-0.25, -0.2) is 0 Å². The highest BCUT2D eigenvalue weighted by Crippen LogP contribution is 2.28. The van der Waals surface area contributed by atoms with Gasteiger partial charge in [0.15, 0.2) is 0 Å². The molecular weight excluding hydrogens is 272 g/mol. The first-order chi connectivity index (χ1) is 8.85. The second-order valence-electron chi connectivity index (χ2n) is 4.05. The number of anilines is 1. The Morgan fingerprint density at radius 1 is 1.53 bits per heavy atom. The number of hydrogen-bond donors (Lipinski definition) is 3. The van der Waals surface area contributed by atoms with Crippen molar-refractivity contribution in [1.29, 1.82) is 0 Å². The second-order valence-corrected chi connectivity index (χ2v) is 4.45. The average molecular weight is 287 g/mol. The van der Waals surface area contributed by atoms with Gasteiger partial charge in [-0.1, -0.05) is 11.6 Å². The van der Waals surface area contributed by atoms with Crippen LogP contribution >= 0.6 is 11.6 Å². The Labute approximate surface area is 115 Å².